The van der Waals surface area contributed by atoms with E-state index in [1.165, 1.54) is 40.4 Å². The summed E-state index contributed by atoms with van der Waals surface area (Å²) in [6.07, 6.45) is 8.36. The summed E-state index contributed by atoms with van der Waals surface area (Å²) in [6.45, 7) is 2.95. The number of aromatic nitrogens is 1. The fourth-order valence-electron chi connectivity index (χ4n) is 7.85. The minimum absolute atomic E-state index is 0.0524. The molecule has 1 saturated carbocycles. The number of aromatic amines is 1. The number of phenols is 1. The standard InChI is InChI=1S/C25H28N4O2/c30-17-6-5-14-10-18-25(31)11-16-15-2-1-8-26-23(15)28-20(16)22-24(25,19(14)21(17)27-22)7-9-29(18)12-13-3-4-13/h2,5-6,13,18,22,27,30-31H,1,3-4,7-12H2,(H,26,28)/t18?,22-,24-,25+/m0/s1. The van der Waals surface area contributed by atoms with E-state index in [0.29, 0.717) is 12.2 Å². The van der Waals surface area contributed by atoms with Gasteiger partial charge in [0.25, 0.3) is 0 Å². The maximum absolute atomic E-state index is 12.8. The Morgan fingerprint density at radius 3 is 3.03 bits per heavy atom. The van der Waals surface area contributed by atoms with Gasteiger partial charge in [-0.05, 0) is 67.3 Å². The molecule has 4 atom stereocenters. The Bertz CT molecular complexity index is 1280. The molecule has 6 nitrogen and oxygen atoms in total. The van der Waals surface area contributed by atoms with Crippen molar-refractivity contribution in [1.82, 2.24) is 9.88 Å². The number of phenolic OH excluding ortho intramolecular Hbond substituents is 1. The summed E-state index contributed by atoms with van der Waals surface area (Å²) >= 11 is 0. The number of nitrogens with one attached hydrogen (secondary N) is 2. The molecule has 1 aromatic heterocycles. The number of likely N-dealkylation sites (tertiary alicyclic amines) is 1. The Morgan fingerprint density at radius 2 is 2.16 bits per heavy atom. The average Bonchev–Trinajstić information content (AvgIpc) is 3.40. The van der Waals surface area contributed by atoms with Crippen molar-refractivity contribution in [2.75, 3.05) is 25.0 Å². The lowest BCUT2D eigenvalue weighted by Crippen LogP contribution is -2.74. The highest BCUT2D eigenvalue weighted by Gasteiger charge is 2.71. The Kier molecular flexibility index (Phi) is 2.98. The third kappa shape index (κ3) is 1.88. The van der Waals surface area contributed by atoms with Crippen molar-refractivity contribution in [3.63, 3.8) is 0 Å². The van der Waals surface area contributed by atoms with E-state index in [1.807, 2.05) is 6.07 Å². The predicted octanol–water partition coefficient (Wildman–Crippen LogP) is 1.26. The van der Waals surface area contributed by atoms with Crippen molar-refractivity contribution >= 4 is 11.8 Å². The van der Waals surface area contributed by atoms with Crippen LogP contribution in [0.25, 0.3) is 6.08 Å². The Balaban J connectivity index is 1.42. The smallest absolute Gasteiger partial charge is 0.139 e. The van der Waals surface area contributed by atoms with Crippen LogP contribution in [-0.2, 0) is 18.3 Å². The number of hydrogen-bond acceptors (Lipinski definition) is 5. The van der Waals surface area contributed by atoms with E-state index in [1.54, 1.807) is 0 Å². The molecule has 4 N–H and O–H groups in total. The van der Waals surface area contributed by atoms with Crippen molar-refractivity contribution in [3.05, 3.63) is 45.2 Å². The zero-order valence-electron chi connectivity index (χ0n) is 17.6. The molecule has 2 aromatic rings. The number of H-pyrrole nitrogens is 1. The molecule has 8 rings (SSSR count). The maximum Gasteiger partial charge on any atom is 0.139 e. The minimum atomic E-state index is -0.849. The average molecular weight is 417 g/mol. The van der Waals surface area contributed by atoms with Crippen LogP contribution in [0.2, 0.25) is 0 Å². The molecule has 1 spiro atoms. The molecule has 31 heavy (non-hydrogen) atoms. The van der Waals surface area contributed by atoms with E-state index < -0.39 is 11.0 Å². The van der Waals surface area contributed by atoms with Gasteiger partial charge < -0.3 is 20.5 Å². The van der Waals surface area contributed by atoms with E-state index in [9.17, 15) is 10.2 Å². The molecule has 1 aromatic carbocycles. The first-order valence-corrected chi connectivity index (χ1v) is 11.9. The molecule has 1 unspecified atom stereocenters. The van der Waals surface area contributed by atoms with Gasteiger partial charge in [-0.3, -0.25) is 9.89 Å². The summed E-state index contributed by atoms with van der Waals surface area (Å²) < 4.78 is 0. The molecule has 4 heterocycles. The molecule has 3 aliphatic carbocycles. The Morgan fingerprint density at radius 1 is 1.26 bits per heavy atom. The van der Waals surface area contributed by atoms with Crippen LogP contribution in [-0.4, -0.2) is 51.4 Å². The number of aliphatic hydroxyl groups is 1. The molecule has 6 heteroatoms. The summed E-state index contributed by atoms with van der Waals surface area (Å²) in [5.41, 5.74) is 5.46. The van der Waals surface area contributed by atoms with Gasteiger partial charge in [-0.25, -0.2) is 0 Å². The first-order valence-electron chi connectivity index (χ1n) is 11.9. The quantitative estimate of drug-likeness (QED) is 0.556. The van der Waals surface area contributed by atoms with Gasteiger partial charge in [0.2, 0.25) is 0 Å². The van der Waals surface area contributed by atoms with E-state index in [0.717, 1.165) is 56.0 Å². The first kappa shape index (κ1) is 17.3. The van der Waals surface area contributed by atoms with Gasteiger partial charge in [0, 0.05) is 36.5 Å². The topological polar surface area (TPSA) is 83.9 Å². The summed E-state index contributed by atoms with van der Waals surface area (Å²) in [6, 6.07) is 4.01. The number of rotatable bonds is 2. The van der Waals surface area contributed by atoms with E-state index in [2.05, 4.69) is 27.3 Å². The lowest BCUT2D eigenvalue weighted by molar-refractivity contribution is -0.155. The van der Waals surface area contributed by atoms with Gasteiger partial charge >= 0.3 is 0 Å². The maximum atomic E-state index is 12.8. The van der Waals surface area contributed by atoms with E-state index in [4.69, 9.17) is 4.99 Å². The highest BCUT2D eigenvalue weighted by atomic mass is 16.3. The number of aromatic hydroxyl groups is 1. The van der Waals surface area contributed by atoms with Gasteiger partial charge in [-0.1, -0.05) is 12.1 Å². The summed E-state index contributed by atoms with van der Waals surface area (Å²) in [7, 11) is 0. The zero-order chi connectivity index (χ0) is 20.5. The number of hydrogen-bond donors (Lipinski definition) is 4. The highest BCUT2D eigenvalue weighted by Crippen LogP contribution is 2.67. The fourth-order valence-corrected chi connectivity index (χ4v) is 7.85. The monoisotopic (exact) mass is 416 g/mol. The van der Waals surface area contributed by atoms with Gasteiger partial charge in [0.1, 0.15) is 11.2 Å². The van der Waals surface area contributed by atoms with Crippen molar-refractivity contribution in [3.8, 4) is 5.75 Å². The van der Waals surface area contributed by atoms with Crippen molar-refractivity contribution in [1.29, 1.82) is 0 Å². The van der Waals surface area contributed by atoms with E-state index in [-0.39, 0.29) is 12.1 Å². The largest absolute Gasteiger partial charge is 0.506 e. The van der Waals surface area contributed by atoms with Crippen molar-refractivity contribution in [2.24, 2.45) is 10.9 Å². The van der Waals surface area contributed by atoms with Gasteiger partial charge in [0.05, 0.1) is 22.7 Å². The van der Waals surface area contributed by atoms with Crippen molar-refractivity contribution in [2.45, 2.75) is 61.6 Å². The second-order valence-electron chi connectivity index (χ2n) is 10.7. The van der Waals surface area contributed by atoms with Gasteiger partial charge in [-0.2, -0.15) is 0 Å². The van der Waals surface area contributed by atoms with E-state index >= 15 is 0 Å². The number of fused-ring (bicyclic) bond motifs is 4. The van der Waals surface area contributed by atoms with Crippen molar-refractivity contribution < 1.29 is 10.2 Å². The molecular weight excluding hydrogens is 388 g/mol. The lowest BCUT2D eigenvalue weighted by atomic mass is 9.48. The van der Waals surface area contributed by atoms with Crippen LogP contribution in [0.5, 0.6) is 5.75 Å². The summed E-state index contributed by atoms with van der Waals surface area (Å²) in [4.78, 5) is 11.0. The van der Waals surface area contributed by atoms with Crippen LogP contribution in [0.1, 0.15) is 54.1 Å². The SMILES string of the molecule is Oc1ccc2c3c1N[C@H]1c4[nH]c5c(c4C[C@@]4(O)C(C2)N(CC2CC2)CC[C@]314)=CCCN=5. The molecule has 160 valence electrons. The minimum Gasteiger partial charge on any atom is -0.506 e. The number of anilines is 1. The van der Waals surface area contributed by atoms with Crippen LogP contribution in [0.15, 0.2) is 17.1 Å². The number of benzene rings is 1. The molecule has 1 saturated heterocycles. The highest BCUT2D eigenvalue weighted by molar-refractivity contribution is 5.76. The van der Waals surface area contributed by atoms with Crippen LogP contribution >= 0.6 is 0 Å². The summed E-state index contributed by atoms with van der Waals surface area (Å²) in [5, 5.41) is 28.4. The molecule has 3 aliphatic heterocycles. The Labute approximate surface area is 180 Å². The number of piperidine rings is 1. The van der Waals surface area contributed by atoms with Gasteiger partial charge in [0.15, 0.2) is 0 Å². The Hall–Kier alpha value is -2.31. The van der Waals surface area contributed by atoms with Crippen LogP contribution in [0.4, 0.5) is 5.69 Å². The van der Waals surface area contributed by atoms with Crippen LogP contribution in [0.3, 0.4) is 0 Å². The summed E-state index contributed by atoms with van der Waals surface area (Å²) in [5.74, 6) is 1.11. The fraction of sp³-hybridized carbons (Fsp3) is 0.560. The van der Waals surface area contributed by atoms with Crippen LogP contribution in [0, 0.1) is 5.92 Å². The molecule has 0 amide bonds. The molecule has 2 fully saturated rings. The number of nitrogens with zero attached hydrogens (tertiary/aromatic N) is 2. The second-order valence-corrected chi connectivity index (χ2v) is 10.7. The normalized spacial score (nSPS) is 36.5. The molecular formula is C25H28N4O2. The lowest BCUT2D eigenvalue weighted by Gasteiger charge is -2.63. The molecule has 0 radical (unpaired) electrons. The molecule has 6 aliphatic rings. The predicted molar refractivity (Wildman–Crippen MR) is 117 cm³/mol. The van der Waals surface area contributed by atoms with Crippen LogP contribution < -0.4 is 16.0 Å². The zero-order valence-corrected chi connectivity index (χ0v) is 17.6. The van der Waals surface area contributed by atoms with Gasteiger partial charge in [-0.15, -0.1) is 0 Å². The second kappa shape index (κ2) is 5.36. The third-order valence-corrected chi connectivity index (χ3v) is 9.30. The molecule has 2 bridgehead atoms. The first-order chi connectivity index (χ1) is 15.1. The third-order valence-electron chi connectivity index (χ3n) is 9.30.